The van der Waals surface area contributed by atoms with E-state index in [1.165, 1.54) is 12.3 Å². The fourth-order valence-corrected chi connectivity index (χ4v) is 2.33. The summed E-state index contributed by atoms with van der Waals surface area (Å²) in [6, 6.07) is 4.74. The van der Waals surface area contributed by atoms with Gasteiger partial charge in [-0.25, -0.2) is 0 Å². The van der Waals surface area contributed by atoms with Crippen molar-refractivity contribution in [3.05, 3.63) is 55.4 Å². The Morgan fingerprint density at radius 3 is 2.50 bits per heavy atom. The van der Waals surface area contributed by atoms with Crippen LogP contribution in [0.25, 0.3) is 11.1 Å². The number of aromatic nitrogens is 1. The van der Waals surface area contributed by atoms with Gasteiger partial charge in [-0.2, -0.15) is 0 Å². The molecule has 3 nitrogen and oxygen atoms in total. The summed E-state index contributed by atoms with van der Waals surface area (Å²) >= 11 is 18.1. The van der Waals surface area contributed by atoms with Gasteiger partial charge >= 0.3 is 0 Å². The van der Waals surface area contributed by atoms with E-state index in [4.69, 9.17) is 39.9 Å². The second kappa shape index (κ2) is 5.33. The van der Waals surface area contributed by atoms with Gasteiger partial charge in [-0.3, -0.25) is 4.79 Å². The smallest absolute Gasteiger partial charge is 0.253 e. The summed E-state index contributed by atoms with van der Waals surface area (Å²) in [5.74, 6) is 0. The summed E-state index contributed by atoms with van der Waals surface area (Å²) in [5, 5.41) is 10.2. The molecule has 0 fully saturated rings. The number of pyridine rings is 1. The largest absolute Gasteiger partial charge is 0.391 e. The molecule has 94 valence electrons. The Morgan fingerprint density at radius 1 is 1.17 bits per heavy atom. The number of aliphatic hydroxyl groups is 1. The highest BCUT2D eigenvalue weighted by Crippen LogP contribution is 2.38. The Bertz CT molecular complexity index is 652. The van der Waals surface area contributed by atoms with E-state index in [1.54, 1.807) is 12.1 Å². The van der Waals surface area contributed by atoms with Crippen molar-refractivity contribution in [1.29, 1.82) is 0 Å². The Kier molecular flexibility index (Phi) is 3.97. The maximum atomic E-state index is 11.4. The van der Waals surface area contributed by atoms with E-state index in [2.05, 4.69) is 4.98 Å². The zero-order valence-electron chi connectivity index (χ0n) is 9.01. The molecule has 0 spiro atoms. The van der Waals surface area contributed by atoms with Gasteiger partial charge in [0.05, 0.1) is 21.7 Å². The Labute approximate surface area is 118 Å². The third kappa shape index (κ3) is 2.40. The first kappa shape index (κ1) is 13.4. The summed E-state index contributed by atoms with van der Waals surface area (Å²) in [4.78, 5) is 13.9. The minimum atomic E-state index is -0.362. The van der Waals surface area contributed by atoms with Crippen LogP contribution in [0.4, 0.5) is 0 Å². The van der Waals surface area contributed by atoms with Gasteiger partial charge in [-0.1, -0.05) is 34.8 Å². The lowest BCUT2D eigenvalue weighted by molar-refractivity contribution is 0.280. The average Bonchev–Trinajstić information content (AvgIpc) is 2.36. The molecule has 1 heterocycles. The minimum Gasteiger partial charge on any atom is -0.391 e. The molecule has 0 saturated heterocycles. The molecule has 0 amide bonds. The molecule has 2 aromatic rings. The van der Waals surface area contributed by atoms with Crippen molar-refractivity contribution in [2.45, 2.75) is 6.61 Å². The standard InChI is InChI=1S/C12H8Cl3NO2/c13-8-1-2-9(14)11(15)10(8)6-3-7(5-17)12(18)16-4-6/h1-4,17H,5H2,(H,16,18). The minimum absolute atomic E-state index is 0.236. The molecule has 2 N–H and O–H groups in total. The molecule has 1 aromatic heterocycles. The zero-order valence-corrected chi connectivity index (χ0v) is 11.3. The zero-order chi connectivity index (χ0) is 13.3. The lowest BCUT2D eigenvalue weighted by atomic mass is 10.1. The number of H-pyrrole nitrogens is 1. The maximum absolute atomic E-state index is 11.4. The third-order valence-corrected chi connectivity index (χ3v) is 3.60. The van der Waals surface area contributed by atoms with E-state index in [9.17, 15) is 4.79 Å². The van der Waals surface area contributed by atoms with E-state index >= 15 is 0 Å². The van der Waals surface area contributed by atoms with Crippen LogP contribution in [0.5, 0.6) is 0 Å². The van der Waals surface area contributed by atoms with Gasteiger partial charge in [0.25, 0.3) is 5.56 Å². The Morgan fingerprint density at radius 2 is 1.83 bits per heavy atom. The molecule has 0 bridgehead atoms. The van der Waals surface area contributed by atoms with Gasteiger partial charge in [0.1, 0.15) is 0 Å². The van der Waals surface area contributed by atoms with Crippen molar-refractivity contribution >= 4 is 34.8 Å². The van der Waals surface area contributed by atoms with Crippen molar-refractivity contribution < 1.29 is 5.11 Å². The van der Waals surface area contributed by atoms with Crippen LogP contribution in [0.3, 0.4) is 0 Å². The molecule has 0 radical (unpaired) electrons. The molecule has 0 unspecified atom stereocenters. The summed E-state index contributed by atoms with van der Waals surface area (Å²) in [7, 11) is 0. The lowest BCUT2D eigenvalue weighted by Gasteiger charge is -2.09. The number of rotatable bonds is 2. The molecule has 0 saturated carbocycles. The first-order chi connectivity index (χ1) is 8.54. The Hall–Kier alpha value is -1.00. The first-order valence-corrected chi connectivity index (χ1v) is 6.14. The number of hydrogen-bond donors (Lipinski definition) is 2. The molecule has 18 heavy (non-hydrogen) atoms. The van der Waals surface area contributed by atoms with Crippen LogP contribution in [0, 0.1) is 0 Å². The van der Waals surface area contributed by atoms with Crippen molar-refractivity contribution in [3.8, 4) is 11.1 Å². The summed E-state index contributed by atoms with van der Waals surface area (Å²) in [6.07, 6.45) is 1.48. The van der Waals surface area contributed by atoms with Crippen molar-refractivity contribution in [2.75, 3.05) is 0 Å². The van der Waals surface area contributed by atoms with Gasteiger partial charge < -0.3 is 10.1 Å². The van der Waals surface area contributed by atoms with E-state index in [1.807, 2.05) is 0 Å². The van der Waals surface area contributed by atoms with Crippen LogP contribution in [-0.4, -0.2) is 10.1 Å². The van der Waals surface area contributed by atoms with Crippen molar-refractivity contribution in [2.24, 2.45) is 0 Å². The predicted molar refractivity (Wildman–Crippen MR) is 73.5 cm³/mol. The topological polar surface area (TPSA) is 53.1 Å². The average molecular weight is 305 g/mol. The number of aliphatic hydroxyl groups excluding tert-OH is 1. The van der Waals surface area contributed by atoms with Crippen LogP contribution in [0.2, 0.25) is 15.1 Å². The van der Waals surface area contributed by atoms with Gasteiger partial charge in [0, 0.05) is 22.9 Å². The Balaban J connectivity index is 2.69. The molecule has 2 rings (SSSR count). The number of aromatic amines is 1. The van der Waals surface area contributed by atoms with E-state index in [0.29, 0.717) is 26.2 Å². The normalized spacial score (nSPS) is 10.7. The fourth-order valence-electron chi connectivity index (χ4n) is 1.58. The summed E-state index contributed by atoms with van der Waals surface area (Å²) in [5.41, 5.74) is 1.00. The highest BCUT2D eigenvalue weighted by Gasteiger charge is 2.13. The first-order valence-electron chi connectivity index (χ1n) is 5.01. The maximum Gasteiger partial charge on any atom is 0.253 e. The van der Waals surface area contributed by atoms with Crippen LogP contribution < -0.4 is 5.56 Å². The monoisotopic (exact) mass is 303 g/mol. The summed E-state index contributed by atoms with van der Waals surface area (Å²) < 4.78 is 0. The van der Waals surface area contributed by atoms with Crippen LogP contribution in [0.1, 0.15) is 5.56 Å². The molecule has 6 heteroatoms. The van der Waals surface area contributed by atoms with Gasteiger partial charge in [-0.15, -0.1) is 0 Å². The second-order valence-electron chi connectivity index (χ2n) is 3.62. The lowest BCUT2D eigenvalue weighted by Crippen LogP contribution is -2.11. The van der Waals surface area contributed by atoms with E-state index in [-0.39, 0.29) is 17.7 Å². The molecule has 0 aliphatic carbocycles. The highest BCUT2D eigenvalue weighted by molar-refractivity contribution is 6.46. The summed E-state index contributed by atoms with van der Waals surface area (Å²) in [6.45, 7) is -0.362. The van der Waals surface area contributed by atoms with E-state index in [0.717, 1.165) is 0 Å². The van der Waals surface area contributed by atoms with Crippen LogP contribution >= 0.6 is 34.8 Å². The molecule has 0 aliphatic rings. The molecule has 0 atom stereocenters. The van der Waals surface area contributed by atoms with Crippen LogP contribution in [-0.2, 0) is 6.61 Å². The molecule has 1 aromatic carbocycles. The third-order valence-electron chi connectivity index (χ3n) is 2.48. The van der Waals surface area contributed by atoms with Crippen molar-refractivity contribution in [1.82, 2.24) is 4.98 Å². The quantitative estimate of drug-likeness (QED) is 0.834. The van der Waals surface area contributed by atoms with Crippen molar-refractivity contribution in [3.63, 3.8) is 0 Å². The molecular weight excluding hydrogens is 296 g/mol. The van der Waals surface area contributed by atoms with Gasteiger partial charge in [0.2, 0.25) is 0 Å². The predicted octanol–water partition coefficient (Wildman–Crippen LogP) is 3.49. The highest BCUT2D eigenvalue weighted by atomic mass is 35.5. The fraction of sp³-hybridized carbons (Fsp3) is 0.0833. The molecular formula is C12H8Cl3NO2. The second-order valence-corrected chi connectivity index (χ2v) is 4.81. The number of hydrogen-bond acceptors (Lipinski definition) is 2. The van der Waals surface area contributed by atoms with Gasteiger partial charge in [0.15, 0.2) is 0 Å². The number of nitrogens with one attached hydrogen (secondary N) is 1. The number of halogens is 3. The van der Waals surface area contributed by atoms with Crippen LogP contribution in [0.15, 0.2) is 29.2 Å². The van der Waals surface area contributed by atoms with Gasteiger partial charge in [-0.05, 0) is 18.2 Å². The molecule has 0 aliphatic heterocycles. The SMILES string of the molecule is O=c1[nH]cc(-c2c(Cl)ccc(Cl)c2Cl)cc1CO. The van der Waals surface area contributed by atoms with E-state index < -0.39 is 0 Å². The number of benzene rings is 1.